The van der Waals surface area contributed by atoms with Gasteiger partial charge in [-0.3, -0.25) is 14.3 Å². The summed E-state index contributed by atoms with van der Waals surface area (Å²) in [4.78, 5) is 23.8. The van der Waals surface area contributed by atoms with Crippen LogP contribution in [-0.4, -0.2) is 74.8 Å². The molecule has 184 valence electrons. The topological polar surface area (TPSA) is 133 Å². The third-order valence-electron chi connectivity index (χ3n) is 6.41. The Bertz CT molecular complexity index is 1110. The first-order valence-electron chi connectivity index (χ1n) is 11.6. The summed E-state index contributed by atoms with van der Waals surface area (Å²) in [6.07, 6.45) is 7.25. The summed E-state index contributed by atoms with van der Waals surface area (Å²) in [6, 6.07) is 0. The standard InChI is InChI=1S/C22H28FN5O6/c1-2-22(23)17(34-15-8-4-6-10-32-15)13(11-29)33-20(22)28-12-24-16-18(28)26-21(27-19(16)30)25-14-7-3-5-9-31-14/h1,12-15,17,20,29H,3-11H2,(H2,25,26,27,30)/t13-,14?,15?,17-,20-,22-/m1/s1. The number of nitrogens with one attached hydrogen (secondary N) is 2. The Hall–Kier alpha value is -2.56. The van der Waals surface area contributed by atoms with Gasteiger partial charge in [0.05, 0.1) is 12.9 Å². The molecule has 3 N–H and O–H groups in total. The molecule has 0 bridgehead atoms. The summed E-state index contributed by atoms with van der Waals surface area (Å²) in [6.45, 7) is 0.590. The van der Waals surface area contributed by atoms with Crippen molar-refractivity contribution < 1.29 is 28.4 Å². The van der Waals surface area contributed by atoms with Gasteiger partial charge >= 0.3 is 0 Å². The van der Waals surface area contributed by atoms with Crippen molar-refractivity contribution in [3.05, 3.63) is 16.7 Å². The molecule has 11 nitrogen and oxygen atoms in total. The van der Waals surface area contributed by atoms with Crippen LogP contribution in [0.25, 0.3) is 11.2 Å². The molecule has 0 saturated carbocycles. The number of aromatic nitrogens is 4. The van der Waals surface area contributed by atoms with E-state index in [-0.39, 0.29) is 23.3 Å². The number of nitrogens with zero attached hydrogens (tertiary/aromatic N) is 3. The SMILES string of the molecule is C#C[C@@]1(F)[C@H](OC2CCCCO2)[C@@H](CO)O[C@H]1n1cnc2c(=O)[nH]c(NC3CCCCO3)nc21. The van der Waals surface area contributed by atoms with E-state index in [1.807, 2.05) is 0 Å². The van der Waals surface area contributed by atoms with E-state index >= 15 is 4.39 Å². The molecular formula is C22H28FN5O6. The van der Waals surface area contributed by atoms with E-state index in [4.69, 9.17) is 25.4 Å². The Morgan fingerprint density at radius 3 is 2.79 bits per heavy atom. The van der Waals surface area contributed by atoms with Gasteiger partial charge in [-0.15, -0.1) is 6.42 Å². The molecule has 0 spiro atoms. The summed E-state index contributed by atoms with van der Waals surface area (Å²) in [7, 11) is 0. The molecule has 0 aromatic carbocycles. The van der Waals surface area contributed by atoms with Crippen LogP contribution in [0.15, 0.2) is 11.1 Å². The molecule has 5 rings (SSSR count). The fraction of sp³-hybridized carbons (Fsp3) is 0.682. The molecule has 3 fully saturated rings. The van der Waals surface area contributed by atoms with Crippen molar-refractivity contribution in [2.45, 2.75) is 75.1 Å². The fourth-order valence-electron chi connectivity index (χ4n) is 4.65. The molecule has 5 heterocycles. The summed E-state index contributed by atoms with van der Waals surface area (Å²) in [5.41, 5.74) is -2.91. The van der Waals surface area contributed by atoms with Gasteiger partial charge in [-0.25, -0.2) is 9.37 Å². The van der Waals surface area contributed by atoms with Gasteiger partial charge in [0.25, 0.3) is 5.56 Å². The van der Waals surface area contributed by atoms with Crippen LogP contribution in [0.4, 0.5) is 10.3 Å². The highest BCUT2D eigenvalue weighted by molar-refractivity contribution is 5.71. The molecule has 0 amide bonds. The average molecular weight is 477 g/mol. The van der Waals surface area contributed by atoms with Gasteiger partial charge in [-0.2, -0.15) is 4.98 Å². The molecule has 2 unspecified atom stereocenters. The predicted molar refractivity (Wildman–Crippen MR) is 117 cm³/mol. The first-order chi connectivity index (χ1) is 16.5. The van der Waals surface area contributed by atoms with Crippen LogP contribution < -0.4 is 10.9 Å². The van der Waals surface area contributed by atoms with Crippen LogP contribution >= 0.6 is 0 Å². The second kappa shape index (κ2) is 9.59. The normalized spacial score (nSPS) is 34.2. The third-order valence-corrected chi connectivity index (χ3v) is 6.41. The highest BCUT2D eigenvalue weighted by Gasteiger charge is 2.60. The lowest BCUT2D eigenvalue weighted by atomic mass is 9.96. The monoisotopic (exact) mass is 477 g/mol. The van der Waals surface area contributed by atoms with Crippen molar-refractivity contribution in [2.75, 3.05) is 25.1 Å². The van der Waals surface area contributed by atoms with Gasteiger partial charge in [-0.05, 0) is 38.5 Å². The lowest BCUT2D eigenvalue weighted by molar-refractivity contribution is -0.211. The van der Waals surface area contributed by atoms with Gasteiger partial charge in [0.1, 0.15) is 18.4 Å². The molecule has 2 aromatic heterocycles. The van der Waals surface area contributed by atoms with E-state index in [9.17, 15) is 9.90 Å². The van der Waals surface area contributed by atoms with Crippen molar-refractivity contribution in [1.29, 1.82) is 0 Å². The highest BCUT2D eigenvalue weighted by Crippen LogP contribution is 2.44. The Balaban J connectivity index is 1.47. The van der Waals surface area contributed by atoms with E-state index in [0.717, 1.165) is 32.1 Å². The van der Waals surface area contributed by atoms with E-state index in [1.165, 1.54) is 10.9 Å². The number of terminal acetylenes is 1. The van der Waals surface area contributed by atoms with Crippen LogP contribution in [0.5, 0.6) is 0 Å². The van der Waals surface area contributed by atoms with Gasteiger partial charge < -0.3 is 29.4 Å². The van der Waals surface area contributed by atoms with E-state index in [2.05, 4.69) is 26.2 Å². The second-order valence-corrected chi connectivity index (χ2v) is 8.71. The third kappa shape index (κ3) is 4.18. The minimum atomic E-state index is -2.48. The van der Waals surface area contributed by atoms with E-state index < -0.39 is 42.6 Å². The number of fused-ring (bicyclic) bond motifs is 1. The van der Waals surface area contributed by atoms with Crippen molar-refractivity contribution in [3.8, 4) is 12.3 Å². The summed E-state index contributed by atoms with van der Waals surface area (Å²) in [5, 5.41) is 12.9. The number of H-pyrrole nitrogens is 1. The molecule has 0 radical (unpaired) electrons. The smallest absolute Gasteiger partial charge is 0.280 e. The first kappa shape index (κ1) is 23.2. The van der Waals surface area contributed by atoms with Crippen molar-refractivity contribution in [2.24, 2.45) is 0 Å². The van der Waals surface area contributed by atoms with Crippen LogP contribution in [-0.2, 0) is 18.9 Å². The number of ether oxygens (including phenoxy) is 4. The number of hydrogen-bond acceptors (Lipinski definition) is 9. The number of halogens is 1. The number of alkyl halides is 1. The van der Waals surface area contributed by atoms with E-state index in [0.29, 0.717) is 19.6 Å². The van der Waals surface area contributed by atoms with Crippen molar-refractivity contribution in [3.63, 3.8) is 0 Å². The Labute approximate surface area is 195 Å². The lowest BCUT2D eigenvalue weighted by Crippen LogP contribution is -2.46. The molecule has 0 aliphatic carbocycles. The first-order valence-corrected chi connectivity index (χ1v) is 11.6. The van der Waals surface area contributed by atoms with Gasteiger partial charge in [0.2, 0.25) is 11.6 Å². The zero-order chi connectivity index (χ0) is 23.7. The maximum atomic E-state index is 16.4. The van der Waals surface area contributed by atoms with Crippen LogP contribution in [0, 0.1) is 12.3 Å². The number of aliphatic hydroxyl groups excluding tert-OH is 1. The minimum absolute atomic E-state index is 0.00128. The van der Waals surface area contributed by atoms with Crippen molar-refractivity contribution >= 4 is 17.1 Å². The number of anilines is 1. The lowest BCUT2D eigenvalue weighted by Gasteiger charge is -2.31. The Kier molecular flexibility index (Phi) is 6.54. The number of rotatable bonds is 6. The number of aromatic amines is 1. The molecule has 34 heavy (non-hydrogen) atoms. The van der Waals surface area contributed by atoms with Crippen LogP contribution in [0.1, 0.15) is 44.8 Å². The Morgan fingerprint density at radius 2 is 2.12 bits per heavy atom. The molecule has 3 aliphatic heterocycles. The molecule has 12 heteroatoms. The van der Waals surface area contributed by atoms with Gasteiger partial charge in [0, 0.05) is 13.2 Å². The Morgan fingerprint density at radius 1 is 1.32 bits per heavy atom. The molecule has 2 aromatic rings. The quantitative estimate of drug-likeness (QED) is 0.525. The number of hydrogen-bond donors (Lipinski definition) is 3. The molecule has 3 aliphatic rings. The molecule has 6 atom stereocenters. The van der Waals surface area contributed by atoms with E-state index in [1.54, 1.807) is 0 Å². The van der Waals surface area contributed by atoms with Crippen LogP contribution in [0.2, 0.25) is 0 Å². The van der Waals surface area contributed by atoms with Crippen molar-refractivity contribution in [1.82, 2.24) is 19.5 Å². The fourth-order valence-corrected chi connectivity index (χ4v) is 4.65. The highest BCUT2D eigenvalue weighted by atomic mass is 19.1. The summed E-state index contributed by atoms with van der Waals surface area (Å²) < 4.78 is 40.6. The van der Waals surface area contributed by atoms with Gasteiger partial charge in [0.15, 0.2) is 23.7 Å². The maximum Gasteiger partial charge on any atom is 0.280 e. The molecular weight excluding hydrogens is 449 g/mol. The summed E-state index contributed by atoms with van der Waals surface area (Å²) >= 11 is 0. The number of aliphatic hydroxyl groups is 1. The van der Waals surface area contributed by atoms with Crippen LogP contribution in [0.3, 0.4) is 0 Å². The minimum Gasteiger partial charge on any atom is -0.394 e. The second-order valence-electron chi connectivity index (χ2n) is 8.71. The zero-order valence-electron chi connectivity index (χ0n) is 18.6. The summed E-state index contributed by atoms with van der Waals surface area (Å²) in [5.74, 6) is 2.32. The number of imidazole rings is 1. The average Bonchev–Trinajstić information content (AvgIpc) is 3.40. The molecule has 3 saturated heterocycles. The van der Waals surface area contributed by atoms with Gasteiger partial charge in [-0.1, -0.05) is 5.92 Å². The largest absolute Gasteiger partial charge is 0.394 e. The zero-order valence-corrected chi connectivity index (χ0v) is 18.6. The maximum absolute atomic E-state index is 16.4. The predicted octanol–water partition coefficient (Wildman–Crippen LogP) is 1.20.